The number of carboxylic acids is 2. The van der Waals surface area contributed by atoms with Gasteiger partial charge in [0.1, 0.15) is 5.25 Å². The largest absolute Gasteiger partial charge is 0.481 e. The summed E-state index contributed by atoms with van der Waals surface area (Å²) in [6, 6.07) is 8.84. The van der Waals surface area contributed by atoms with E-state index in [0.717, 1.165) is 18.9 Å². The van der Waals surface area contributed by atoms with E-state index in [1.165, 1.54) is 19.1 Å². The number of aliphatic carboxylic acids is 2. The van der Waals surface area contributed by atoms with E-state index in [1.54, 1.807) is 24.3 Å². The minimum absolute atomic E-state index is 0.0414. The van der Waals surface area contributed by atoms with Crippen molar-refractivity contribution in [1.29, 1.82) is 0 Å². The molecule has 0 radical (unpaired) electrons. The van der Waals surface area contributed by atoms with Crippen LogP contribution in [0.5, 0.6) is 0 Å². The molecule has 0 fully saturated rings. The number of carboxylic acid groups (broad SMARTS) is 2. The highest BCUT2D eigenvalue weighted by atomic mass is 32.2. The Hall–Kier alpha value is -2.49. The third-order valence-corrected chi connectivity index (χ3v) is 5.73. The standard InChI is InChI=1S/C11H16O3S.C9H11NO4/c1-2-3-9-11(15(12,13)14)10-7-5-4-6-8-10;1-9(10)3-2-5(7(11)12)4-6(9)8(13)14/h4-8,11H,2-3,9H2,1H3,(H,12,13,14);2-4,6H,10H2,1H3,(H,11,12)(H,13,14). The summed E-state index contributed by atoms with van der Waals surface area (Å²) in [5.41, 5.74) is 5.26. The van der Waals surface area contributed by atoms with E-state index in [-0.39, 0.29) is 5.57 Å². The molecule has 0 amide bonds. The molecule has 0 bridgehead atoms. The molecule has 1 aromatic carbocycles. The van der Waals surface area contributed by atoms with Gasteiger partial charge in [-0.1, -0.05) is 68.3 Å². The van der Waals surface area contributed by atoms with Gasteiger partial charge >= 0.3 is 11.9 Å². The topological polar surface area (TPSA) is 155 Å². The molecule has 160 valence electrons. The molecular formula is C20H27NO7S. The smallest absolute Gasteiger partial charge is 0.335 e. The van der Waals surface area contributed by atoms with Gasteiger partial charge in [0, 0.05) is 5.54 Å². The molecule has 0 aliphatic heterocycles. The number of rotatable bonds is 7. The van der Waals surface area contributed by atoms with Crippen molar-refractivity contribution >= 4 is 22.1 Å². The zero-order valence-electron chi connectivity index (χ0n) is 16.4. The first-order chi connectivity index (χ1) is 13.4. The molecule has 1 aliphatic carbocycles. The zero-order valence-corrected chi connectivity index (χ0v) is 17.2. The Kier molecular flexibility index (Phi) is 8.75. The molecule has 0 spiro atoms. The molecule has 0 saturated carbocycles. The quantitative estimate of drug-likeness (QED) is 0.486. The third kappa shape index (κ3) is 7.45. The highest BCUT2D eigenvalue weighted by Crippen LogP contribution is 2.27. The first kappa shape index (κ1) is 24.5. The summed E-state index contributed by atoms with van der Waals surface area (Å²) >= 11 is 0. The van der Waals surface area contributed by atoms with Crippen LogP contribution in [0.1, 0.15) is 43.9 Å². The highest BCUT2D eigenvalue weighted by Gasteiger charge is 2.35. The molecule has 29 heavy (non-hydrogen) atoms. The number of carbonyl (C=O) groups is 2. The van der Waals surface area contributed by atoms with Gasteiger partial charge in [-0.2, -0.15) is 8.42 Å². The van der Waals surface area contributed by atoms with E-state index in [4.69, 9.17) is 20.5 Å². The lowest BCUT2D eigenvalue weighted by Gasteiger charge is -2.28. The Bertz CT molecular complexity index is 873. The van der Waals surface area contributed by atoms with Gasteiger partial charge in [0.05, 0.1) is 11.5 Å². The second-order valence-electron chi connectivity index (χ2n) is 7.00. The van der Waals surface area contributed by atoms with Crippen LogP contribution in [0.2, 0.25) is 0 Å². The van der Waals surface area contributed by atoms with Gasteiger partial charge in [-0.3, -0.25) is 9.35 Å². The normalized spacial score (nSPS) is 22.1. The minimum Gasteiger partial charge on any atom is -0.481 e. The van der Waals surface area contributed by atoms with Crippen molar-refractivity contribution in [3.8, 4) is 0 Å². The Morgan fingerprint density at radius 3 is 2.24 bits per heavy atom. The number of unbranched alkanes of at least 4 members (excludes halogenated alkanes) is 1. The molecule has 8 nitrogen and oxygen atoms in total. The molecule has 3 atom stereocenters. The fourth-order valence-electron chi connectivity index (χ4n) is 2.81. The summed E-state index contributed by atoms with van der Waals surface area (Å²) in [4.78, 5) is 21.4. The maximum atomic E-state index is 11.2. The van der Waals surface area contributed by atoms with Crippen LogP contribution in [0, 0.1) is 5.92 Å². The minimum atomic E-state index is -3.99. The molecule has 0 aromatic heterocycles. The predicted molar refractivity (Wildman–Crippen MR) is 109 cm³/mol. The van der Waals surface area contributed by atoms with Crippen molar-refractivity contribution in [1.82, 2.24) is 0 Å². The molecule has 3 unspecified atom stereocenters. The average Bonchev–Trinajstić information content (AvgIpc) is 2.61. The van der Waals surface area contributed by atoms with Gasteiger partial charge in [-0.15, -0.1) is 0 Å². The van der Waals surface area contributed by atoms with Crippen molar-refractivity contribution in [2.24, 2.45) is 11.7 Å². The summed E-state index contributed by atoms with van der Waals surface area (Å²) in [7, 11) is -3.99. The number of hydrogen-bond donors (Lipinski definition) is 4. The summed E-state index contributed by atoms with van der Waals surface area (Å²) in [6.07, 6.45) is 6.05. The summed E-state index contributed by atoms with van der Waals surface area (Å²) in [6.45, 7) is 3.53. The number of benzene rings is 1. The molecule has 0 saturated heterocycles. The van der Waals surface area contributed by atoms with E-state index in [2.05, 4.69) is 0 Å². The lowest BCUT2D eigenvalue weighted by molar-refractivity contribution is -0.141. The molecular weight excluding hydrogens is 398 g/mol. The van der Waals surface area contributed by atoms with Crippen LogP contribution in [0.25, 0.3) is 0 Å². The molecule has 1 aliphatic rings. The third-order valence-electron chi connectivity index (χ3n) is 4.50. The van der Waals surface area contributed by atoms with E-state index in [9.17, 15) is 18.0 Å². The second-order valence-corrected chi connectivity index (χ2v) is 8.60. The second kappa shape index (κ2) is 10.3. The highest BCUT2D eigenvalue weighted by molar-refractivity contribution is 7.86. The molecule has 0 heterocycles. The van der Waals surface area contributed by atoms with Gasteiger partial charge in [0.2, 0.25) is 0 Å². The van der Waals surface area contributed by atoms with Crippen LogP contribution in [0.4, 0.5) is 0 Å². The van der Waals surface area contributed by atoms with Gasteiger partial charge < -0.3 is 15.9 Å². The summed E-state index contributed by atoms with van der Waals surface area (Å²) in [5.74, 6) is -3.28. The van der Waals surface area contributed by atoms with Gasteiger partial charge in [-0.05, 0) is 18.9 Å². The van der Waals surface area contributed by atoms with Crippen LogP contribution in [-0.4, -0.2) is 40.7 Å². The van der Waals surface area contributed by atoms with Crippen molar-refractivity contribution in [2.45, 2.75) is 43.9 Å². The van der Waals surface area contributed by atoms with Crippen molar-refractivity contribution < 1.29 is 32.8 Å². The van der Waals surface area contributed by atoms with Crippen LogP contribution in [0.3, 0.4) is 0 Å². The van der Waals surface area contributed by atoms with Gasteiger partial charge in [0.15, 0.2) is 0 Å². The van der Waals surface area contributed by atoms with Crippen LogP contribution in [-0.2, 0) is 19.7 Å². The zero-order chi connectivity index (χ0) is 22.2. The molecule has 5 N–H and O–H groups in total. The molecule has 2 rings (SSSR count). The molecule has 1 aromatic rings. The van der Waals surface area contributed by atoms with E-state index in [0.29, 0.717) is 12.0 Å². The Balaban J connectivity index is 0.000000291. The molecule has 9 heteroatoms. The monoisotopic (exact) mass is 425 g/mol. The fraction of sp³-hybridized carbons (Fsp3) is 0.400. The maximum absolute atomic E-state index is 11.2. The van der Waals surface area contributed by atoms with Crippen molar-refractivity contribution in [3.05, 3.63) is 59.7 Å². The van der Waals surface area contributed by atoms with Gasteiger partial charge in [-0.25, -0.2) is 4.79 Å². The van der Waals surface area contributed by atoms with Crippen molar-refractivity contribution in [2.75, 3.05) is 0 Å². The number of hydrogen-bond acceptors (Lipinski definition) is 5. The Morgan fingerprint density at radius 2 is 1.79 bits per heavy atom. The average molecular weight is 426 g/mol. The van der Waals surface area contributed by atoms with E-state index < -0.39 is 38.8 Å². The number of nitrogens with two attached hydrogens (primary N) is 1. The van der Waals surface area contributed by atoms with Crippen LogP contribution in [0.15, 0.2) is 54.1 Å². The van der Waals surface area contributed by atoms with Crippen LogP contribution < -0.4 is 5.73 Å². The predicted octanol–water partition coefficient (Wildman–Crippen LogP) is 2.79. The van der Waals surface area contributed by atoms with E-state index >= 15 is 0 Å². The lowest BCUT2D eigenvalue weighted by Crippen LogP contribution is -2.46. The Labute approximate surface area is 170 Å². The first-order valence-corrected chi connectivity index (χ1v) is 10.6. The van der Waals surface area contributed by atoms with E-state index in [1.807, 2.05) is 13.0 Å². The first-order valence-electron chi connectivity index (χ1n) is 9.07. The summed E-state index contributed by atoms with van der Waals surface area (Å²) in [5, 5.41) is 16.7. The SMILES string of the molecule is CC1(N)C=CC(C(=O)O)=CC1C(=O)O.CCCCC(c1ccccc1)S(=O)(=O)O. The fourth-order valence-corrected chi connectivity index (χ4v) is 3.78. The lowest BCUT2D eigenvalue weighted by atomic mass is 9.81. The summed E-state index contributed by atoms with van der Waals surface area (Å²) < 4.78 is 31.5. The Morgan fingerprint density at radius 1 is 1.21 bits per heavy atom. The van der Waals surface area contributed by atoms with Gasteiger partial charge in [0.25, 0.3) is 10.1 Å². The van der Waals surface area contributed by atoms with Crippen LogP contribution >= 0.6 is 0 Å². The maximum Gasteiger partial charge on any atom is 0.335 e. The van der Waals surface area contributed by atoms with Crippen molar-refractivity contribution in [3.63, 3.8) is 0 Å².